The van der Waals surface area contributed by atoms with Crippen LogP contribution in [0.3, 0.4) is 0 Å². The summed E-state index contributed by atoms with van der Waals surface area (Å²) >= 11 is 3.46. The van der Waals surface area contributed by atoms with Gasteiger partial charge in [-0.25, -0.2) is 0 Å². The molecule has 0 aromatic heterocycles. The van der Waals surface area contributed by atoms with E-state index in [2.05, 4.69) is 15.9 Å². The van der Waals surface area contributed by atoms with E-state index in [1.54, 1.807) is 6.92 Å². The van der Waals surface area contributed by atoms with Crippen molar-refractivity contribution in [2.75, 3.05) is 0 Å². The molecule has 0 fully saturated rings. The van der Waals surface area contributed by atoms with Gasteiger partial charge in [-0.3, -0.25) is 4.79 Å². The summed E-state index contributed by atoms with van der Waals surface area (Å²) in [7, 11) is 0. The first-order valence-corrected chi connectivity index (χ1v) is 4.93. The predicted molar refractivity (Wildman–Crippen MR) is 53.7 cm³/mol. The van der Waals surface area contributed by atoms with Crippen molar-refractivity contribution in [3.63, 3.8) is 0 Å². The molecule has 0 heterocycles. The van der Waals surface area contributed by atoms with E-state index in [1.807, 2.05) is 20.8 Å². The van der Waals surface area contributed by atoms with Crippen LogP contribution in [-0.2, 0) is 4.79 Å². The molecule has 72 valence electrons. The first-order valence-electron chi connectivity index (χ1n) is 4.13. The van der Waals surface area contributed by atoms with Crippen molar-refractivity contribution in [2.24, 2.45) is 5.41 Å². The van der Waals surface area contributed by atoms with Gasteiger partial charge in [0, 0.05) is 4.32 Å². The van der Waals surface area contributed by atoms with Gasteiger partial charge in [0.25, 0.3) is 0 Å². The number of hydrogen-bond acceptors (Lipinski definition) is 1. The van der Waals surface area contributed by atoms with Crippen LogP contribution in [0.5, 0.6) is 0 Å². The number of carbonyl (C=O) groups is 1. The van der Waals surface area contributed by atoms with Gasteiger partial charge in [0.15, 0.2) is 0 Å². The zero-order chi connectivity index (χ0) is 9.99. The van der Waals surface area contributed by atoms with Crippen LogP contribution in [0.4, 0.5) is 0 Å². The molecule has 0 aliphatic heterocycles. The molecule has 0 aliphatic carbocycles. The monoisotopic (exact) mass is 236 g/mol. The average molecular weight is 237 g/mol. The Bertz CT molecular complexity index is 172. The molecule has 0 aromatic carbocycles. The molecule has 1 atom stereocenters. The molecule has 0 saturated carbocycles. The van der Waals surface area contributed by atoms with Gasteiger partial charge in [-0.1, -0.05) is 36.7 Å². The number of aliphatic carboxylic acids is 1. The Kier molecular flexibility index (Phi) is 3.76. The summed E-state index contributed by atoms with van der Waals surface area (Å²) in [6.07, 6.45) is 1.31. The number of hydrogen-bond donors (Lipinski definition) is 1. The third-order valence-electron chi connectivity index (χ3n) is 2.11. The SMILES string of the molecule is CCC(C)(CC(C)(C)Br)C(=O)O. The summed E-state index contributed by atoms with van der Waals surface area (Å²) in [6.45, 7) is 7.68. The number of alkyl halides is 1. The highest BCUT2D eigenvalue weighted by atomic mass is 79.9. The molecule has 0 aliphatic rings. The molecule has 0 amide bonds. The molecule has 1 unspecified atom stereocenters. The van der Waals surface area contributed by atoms with Crippen LogP contribution in [0.2, 0.25) is 0 Å². The van der Waals surface area contributed by atoms with E-state index in [0.717, 1.165) is 0 Å². The van der Waals surface area contributed by atoms with Crippen molar-refractivity contribution >= 4 is 21.9 Å². The van der Waals surface area contributed by atoms with Crippen LogP contribution in [-0.4, -0.2) is 15.4 Å². The summed E-state index contributed by atoms with van der Waals surface area (Å²) in [4.78, 5) is 10.9. The topological polar surface area (TPSA) is 37.3 Å². The van der Waals surface area contributed by atoms with E-state index < -0.39 is 11.4 Å². The Labute approximate surface area is 82.5 Å². The zero-order valence-corrected chi connectivity index (χ0v) is 9.73. The van der Waals surface area contributed by atoms with Gasteiger partial charge >= 0.3 is 5.97 Å². The van der Waals surface area contributed by atoms with Gasteiger partial charge < -0.3 is 5.11 Å². The smallest absolute Gasteiger partial charge is 0.309 e. The highest BCUT2D eigenvalue weighted by Crippen LogP contribution is 2.36. The van der Waals surface area contributed by atoms with E-state index in [9.17, 15) is 4.79 Å². The van der Waals surface area contributed by atoms with Crippen LogP contribution < -0.4 is 0 Å². The van der Waals surface area contributed by atoms with Gasteiger partial charge in [0.2, 0.25) is 0 Å². The van der Waals surface area contributed by atoms with Gasteiger partial charge in [-0.05, 0) is 19.8 Å². The fraction of sp³-hybridized carbons (Fsp3) is 0.889. The maximum absolute atomic E-state index is 10.9. The average Bonchev–Trinajstić information content (AvgIpc) is 1.83. The van der Waals surface area contributed by atoms with Crippen molar-refractivity contribution < 1.29 is 9.90 Å². The molecule has 0 aromatic rings. The quantitative estimate of drug-likeness (QED) is 0.763. The van der Waals surface area contributed by atoms with E-state index in [1.165, 1.54) is 0 Å². The number of rotatable bonds is 4. The summed E-state index contributed by atoms with van der Waals surface area (Å²) in [5.41, 5.74) is -0.604. The van der Waals surface area contributed by atoms with E-state index in [-0.39, 0.29) is 4.32 Å². The molecule has 0 radical (unpaired) electrons. The molecule has 0 saturated heterocycles. The standard InChI is InChI=1S/C9H17BrO2/c1-5-9(4,7(11)12)6-8(2,3)10/h5-6H2,1-4H3,(H,11,12). The molecule has 12 heavy (non-hydrogen) atoms. The normalized spacial score (nSPS) is 17.1. The highest BCUT2D eigenvalue weighted by Gasteiger charge is 2.35. The lowest BCUT2D eigenvalue weighted by molar-refractivity contribution is -0.148. The molecule has 0 spiro atoms. The van der Waals surface area contributed by atoms with Gasteiger partial charge in [0.05, 0.1) is 5.41 Å². The maximum atomic E-state index is 10.9. The van der Waals surface area contributed by atoms with Crippen molar-refractivity contribution in [1.29, 1.82) is 0 Å². The third-order valence-corrected chi connectivity index (χ3v) is 2.39. The largest absolute Gasteiger partial charge is 0.481 e. The fourth-order valence-corrected chi connectivity index (χ4v) is 1.90. The molecular weight excluding hydrogens is 220 g/mol. The second-order valence-corrected chi connectivity index (χ2v) is 6.26. The first-order chi connectivity index (χ1) is 5.21. The highest BCUT2D eigenvalue weighted by molar-refractivity contribution is 9.10. The summed E-state index contributed by atoms with van der Waals surface area (Å²) in [6, 6.07) is 0. The van der Waals surface area contributed by atoms with Gasteiger partial charge in [-0.2, -0.15) is 0 Å². The van der Waals surface area contributed by atoms with Crippen LogP contribution in [0.15, 0.2) is 0 Å². The second kappa shape index (κ2) is 3.77. The van der Waals surface area contributed by atoms with Gasteiger partial charge in [0.1, 0.15) is 0 Å². The third kappa shape index (κ3) is 3.57. The number of halogens is 1. The molecule has 2 nitrogen and oxygen atoms in total. The summed E-state index contributed by atoms with van der Waals surface area (Å²) in [5, 5.41) is 8.98. The molecular formula is C9H17BrO2. The summed E-state index contributed by atoms with van der Waals surface area (Å²) < 4.78 is -0.101. The number of carboxylic acids is 1. The Balaban J connectivity index is 4.46. The molecule has 0 rings (SSSR count). The van der Waals surface area contributed by atoms with Crippen molar-refractivity contribution in [1.82, 2.24) is 0 Å². The minimum atomic E-state index is -0.711. The number of carboxylic acid groups (broad SMARTS) is 1. The summed E-state index contributed by atoms with van der Waals surface area (Å²) in [5.74, 6) is -0.711. The molecule has 0 bridgehead atoms. The Morgan fingerprint density at radius 3 is 1.92 bits per heavy atom. The van der Waals surface area contributed by atoms with Crippen molar-refractivity contribution in [2.45, 2.75) is 44.9 Å². The van der Waals surface area contributed by atoms with Crippen LogP contribution >= 0.6 is 15.9 Å². The predicted octanol–water partition coefficient (Wildman–Crippen LogP) is 3.05. The van der Waals surface area contributed by atoms with Crippen LogP contribution in [0.25, 0.3) is 0 Å². The Morgan fingerprint density at radius 2 is 1.83 bits per heavy atom. The van der Waals surface area contributed by atoms with E-state index >= 15 is 0 Å². The van der Waals surface area contributed by atoms with Crippen LogP contribution in [0, 0.1) is 5.41 Å². The van der Waals surface area contributed by atoms with Crippen LogP contribution in [0.1, 0.15) is 40.5 Å². The lowest BCUT2D eigenvalue weighted by Crippen LogP contribution is -2.32. The van der Waals surface area contributed by atoms with E-state index in [4.69, 9.17) is 5.11 Å². The van der Waals surface area contributed by atoms with Crippen molar-refractivity contribution in [3.8, 4) is 0 Å². The minimum absolute atomic E-state index is 0.101. The lowest BCUT2D eigenvalue weighted by atomic mass is 9.80. The Morgan fingerprint density at radius 1 is 1.42 bits per heavy atom. The lowest BCUT2D eigenvalue weighted by Gasteiger charge is -2.29. The minimum Gasteiger partial charge on any atom is -0.481 e. The second-order valence-electron chi connectivity index (χ2n) is 4.11. The van der Waals surface area contributed by atoms with E-state index in [0.29, 0.717) is 12.8 Å². The molecule has 1 N–H and O–H groups in total. The zero-order valence-electron chi connectivity index (χ0n) is 8.15. The fourth-order valence-electron chi connectivity index (χ4n) is 1.28. The first kappa shape index (κ1) is 11.9. The van der Waals surface area contributed by atoms with Gasteiger partial charge in [-0.15, -0.1) is 0 Å². The van der Waals surface area contributed by atoms with Crippen molar-refractivity contribution in [3.05, 3.63) is 0 Å². The molecule has 3 heteroatoms. The maximum Gasteiger partial charge on any atom is 0.309 e. The Hall–Kier alpha value is -0.0500.